The lowest BCUT2D eigenvalue weighted by Crippen LogP contribution is -2.22. The van der Waals surface area contributed by atoms with E-state index in [1.54, 1.807) is 0 Å². The van der Waals surface area contributed by atoms with E-state index >= 15 is 0 Å². The molecule has 2 aromatic rings. The zero-order chi connectivity index (χ0) is 17.8. The summed E-state index contributed by atoms with van der Waals surface area (Å²) in [6.45, 7) is 0. The van der Waals surface area contributed by atoms with Crippen LogP contribution in [0.5, 0.6) is 0 Å². The summed E-state index contributed by atoms with van der Waals surface area (Å²) < 4.78 is 0. The smallest absolute Gasteiger partial charge is 0.0417 e. The van der Waals surface area contributed by atoms with Crippen LogP contribution in [0, 0.1) is 5.92 Å². The molecule has 0 amide bonds. The third-order valence-electron chi connectivity index (χ3n) is 5.13. The number of allylic oxidation sites excluding steroid dienone is 1. The van der Waals surface area contributed by atoms with Crippen LogP contribution in [-0.4, -0.2) is 11.5 Å². The van der Waals surface area contributed by atoms with E-state index in [0.717, 1.165) is 17.4 Å². The third-order valence-corrected chi connectivity index (χ3v) is 6.75. The van der Waals surface area contributed by atoms with Gasteiger partial charge in [-0.1, -0.05) is 53.6 Å². The molecule has 2 atom stereocenters. The van der Waals surface area contributed by atoms with Gasteiger partial charge in [-0.25, -0.2) is 0 Å². The van der Waals surface area contributed by atoms with Crippen molar-refractivity contribution in [1.29, 1.82) is 0 Å². The Kier molecular flexibility index (Phi) is 5.62. The summed E-state index contributed by atoms with van der Waals surface area (Å²) in [5, 5.41) is 1.29. The van der Waals surface area contributed by atoms with E-state index in [2.05, 4.69) is 59.6 Å². The van der Waals surface area contributed by atoms with Gasteiger partial charge in [-0.05, 0) is 67.0 Å². The molecule has 0 aromatic heterocycles. The second kappa shape index (κ2) is 8.28. The molecule has 2 aliphatic rings. The second-order valence-electron chi connectivity index (χ2n) is 6.97. The van der Waals surface area contributed by atoms with Crippen LogP contribution in [-0.2, 0) is 6.42 Å². The topological polar surface area (TPSA) is 12.4 Å². The standard InChI is InChI=1S/C23H22ClNS/c24-21-9-8-20-11-13-25-12-10-19-7-6-18(14-17-4-2-1-3-5-17)15-22(19)26-23(20)16-21/h1-5,8-13,16,18,22H,6-7,14-15H2/b13-11-,19-10-,25-12+. The van der Waals surface area contributed by atoms with Crippen LogP contribution < -0.4 is 0 Å². The van der Waals surface area contributed by atoms with Gasteiger partial charge in [0.25, 0.3) is 0 Å². The van der Waals surface area contributed by atoms with Gasteiger partial charge in [-0.15, -0.1) is 11.8 Å². The highest BCUT2D eigenvalue weighted by Crippen LogP contribution is 2.42. The van der Waals surface area contributed by atoms with E-state index in [1.807, 2.05) is 30.2 Å². The van der Waals surface area contributed by atoms with Crippen LogP contribution in [0.4, 0.5) is 0 Å². The molecule has 0 bridgehead atoms. The Morgan fingerprint density at radius 2 is 2.00 bits per heavy atom. The molecule has 4 rings (SSSR count). The number of hydrogen-bond acceptors (Lipinski definition) is 2. The fraction of sp³-hybridized carbons (Fsp3) is 0.261. The highest BCUT2D eigenvalue weighted by Gasteiger charge is 2.27. The lowest BCUT2D eigenvalue weighted by molar-refractivity contribution is 0.413. The molecule has 0 radical (unpaired) electrons. The van der Waals surface area contributed by atoms with E-state index in [4.69, 9.17) is 11.6 Å². The van der Waals surface area contributed by atoms with Crippen molar-refractivity contribution in [2.75, 3.05) is 0 Å². The van der Waals surface area contributed by atoms with Gasteiger partial charge in [0.1, 0.15) is 0 Å². The zero-order valence-corrected chi connectivity index (χ0v) is 16.2. The van der Waals surface area contributed by atoms with Crippen molar-refractivity contribution in [2.24, 2.45) is 10.9 Å². The van der Waals surface area contributed by atoms with Gasteiger partial charge < -0.3 is 0 Å². The third kappa shape index (κ3) is 4.31. The van der Waals surface area contributed by atoms with Crippen molar-refractivity contribution in [3.05, 3.63) is 82.5 Å². The van der Waals surface area contributed by atoms with Gasteiger partial charge in [0.2, 0.25) is 0 Å². The molecule has 0 N–H and O–H groups in total. The predicted molar refractivity (Wildman–Crippen MR) is 114 cm³/mol. The largest absolute Gasteiger partial charge is 0.265 e. The summed E-state index contributed by atoms with van der Waals surface area (Å²) in [4.78, 5) is 5.66. The van der Waals surface area contributed by atoms with Gasteiger partial charge in [0, 0.05) is 27.6 Å². The maximum Gasteiger partial charge on any atom is 0.0417 e. The minimum absolute atomic E-state index is 0.493. The minimum Gasteiger partial charge on any atom is -0.265 e. The second-order valence-corrected chi connectivity index (χ2v) is 8.66. The van der Waals surface area contributed by atoms with Gasteiger partial charge in [-0.2, -0.15) is 0 Å². The summed E-state index contributed by atoms with van der Waals surface area (Å²) in [6.07, 6.45) is 12.9. The number of nitrogens with zero attached hydrogens (tertiary/aromatic N) is 1. The molecule has 2 unspecified atom stereocenters. The van der Waals surface area contributed by atoms with Gasteiger partial charge in [-0.3, -0.25) is 4.99 Å². The number of thioether (sulfide) groups is 1. The molecule has 1 aliphatic carbocycles. The van der Waals surface area contributed by atoms with Crippen LogP contribution >= 0.6 is 23.4 Å². The molecule has 132 valence electrons. The Balaban J connectivity index is 1.58. The number of rotatable bonds is 2. The van der Waals surface area contributed by atoms with Crippen LogP contribution in [0.2, 0.25) is 5.02 Å². The number of aliphatic imine (C=N–C) groups is 1. The summed E-state index contributed by atoms with van der Waals surface area (Å²) in [5.74, 6) is 0.727. The fourth-order valence-electron chi connectivity index (χ4n) is 3.76. The van der Waals surface area contributed by atoms with Crippen molar-refractivity contribution >= 4 is 35.7 Å². The summed E-state index contributed by atoms with van der Waals surface area (Å²) in [7, 11) is 0. The molecule has 1 fully saturated rings. The lowest BCUT2D eigenvalue weighted by Gasteiger charge is -2.32. The highest BCUT2D eigenvalue weighted by atomic mass is 35.5. The first-order valence-electron chi connectivity index (χ1n) is 9.17. The molecular weight excluding hydrogens is 358 g/mol. The Bertz CT molecular complexity index is 854. The van der Waals surface area contributed by atoms with E-state index in [1.165, 1.54) is 40.9 Å². The molecule has 0 spiro atoms. The minimum atomic E-state index is 0.493. The Morgan fingerprint density at radius 1 is 1.12 bits per heavy atom. The van der Waals surface area contributed by atoms with Crippen LogP contribution in [0.3, 0.4) is 0 Å². The lowest BCUT2D eigenvalue weighted by atomic mass is 9.82. The predicted octanol–water partition coefficient (Wildman–Crippen LogP) is 6.83. The molecule has 1 saturated carbocycles. The Morgan fingerprint density at radius 3 is 2.88 bits per heavy atom. The van der Waals surface area contributed by atoms with Crippen LogP contribution in [0.1, 0.15) is 30.4 Å². The maximum atomic E-state index is 6.27. The van der Waals surface area contributed by atoms with Crippen molar-refractivity contribution in [2.45, 2.75) is 35.8 Å². The SMILES string of the molecule is Clc1ccc2c(c1)SC1CC(Cc3ccccc3)CC/C1=C/C=N/C=C\2. The maximum absolute atomic E-state index is 6.27. The molecule has 2 aromatic carbocycles. The first kappa shape index (κ1) is 17.6. The van der Waals surface area contributed by atoms with Crippen LogP contribution in [0.25, 0.3) is 6.08 Å². The average Bonchev–Trinajstić information content (AvgIpc) is 2.65. The van der Waals surface area contributed by atoms with Gasteiger partial charge in [0.15, 0.2) is 0 Å². The number of halogens is 1. The summed E-state index contributed by atoms with van der Waals surface area (Å²) >= 11 is 8.23. The normalized spacial score (nSPS) is 26.7. The molecule has 26 heavy (non-hydrogen) atoms. The molecule has 1 heterocycles. The summed E-state index contributed by atoms with van der Waals surface area (Å²) in [5.41, 5.74) is 4.15. The average molecular weight is 380 g/mol. The van der Waals surface area contributed by atoms with Crippen molar-refractivity contribution < 1.29 is 0 Å². The molecule has 0 saturated heterocycles. The van der Waals surface area contributed by atoms with Gasteiger partial charge >= 0.3 is 0 Å². The van der Waals surface area contributed by atoms with E-state index in [9.17, 15) is 0 Å². The highest BCUT2D eigenvalue weighted by molar-refractivity contribution is 8.00. The fourth-order valence-corrected chi connectivity index (χ4v) is 5.49. The van der Waals surface area contributed by atoms with Crippen molar-refractivity contribution in [1.82, 2.24) is 0 Å². The van der Waals surface area contributed by atoms with E-state index in [-0.39, 0.29) is 0 Å². The van der Waals surface area contributed by atoms with Gasteiger partial charge in [0.05, 0.1) is 0 Å². The number of hydrogen-bond donors (Lipinski definition) is 0. The zero-order valence-electron chi connectivity index (χ0n) is 14.6. The molecule has 3 heteroatoms. The Labute approximate surface area is 164 Å². The first-order chi connectivity index (χ1) is 12.8. The number of benzene rings is 2. The quantitative estimate of drug-likeness (QED) is 0.557. The molecular formula is C23H22ClNS. The Hall–Kier alpha value is -1.77. The molecule has 1 aliphatic heterocycles. The van der Waals surface area contributed by atoms with E-state index < -0.39 is 0 Å². The first-order valence-corrected chi connectivity index (χ1v) is 10.4. The number of fused-ring (bicyclic) bond motifs is 2. The summed E-state index contributed by atoms with van der Waals surface area (Å²) in [6, 6.07) is 17.0. The molecule has 1 nitrogen and oxygen atoms in total. The van der Waals surface area contributed by atoms with E-state index in [0.29, 0.717) is 5.25 Å². The van der Waals surface area contributed by atoms with Crippen molar-refractivity contribution in [3.8, 4) is 0 Å². The van der Waals surface area contributed by atoms with Crippen molar-refractivity contribution in [3.63, 3.8) is 0 Å². The monoisotopic (exact) mass is 379 g/mol. The van der Waals surface area contributed by atoms with Crippen LogP contribution in [0.15, 0.2) is 76.3 Å².